The zero-order valence-electron chi connectivity index (χ0n) is 15.6. The molecule has 0 spiro atoms. The molecule has 0 bridgehead atoms. The van der Waals surface area contributed by atoms with E-state index in [-0.39, 0.29) is 11.9 Å². The summed E-state index contributed by atoms with van der Waals surface area (Å²) in [5.41, 5.74) is 2.79. The highest BCUT2D eigenvalue weighted by atomic mass is 35.5. The Hall–Kier alpha value is -2.90. The van der Waals surface area contributed by atoms with Crippen LogP contribution in [0.4, 0.5) is 0 Å². The zero-order valence-corrected chi connectivity index (χ0v) is 16.4. The average molecular weight is 411 g/mol. The maximum absolute atomic E-state index is 13.2. The van der Waals surface area contributed by atoms with Crippen molar-refractivity contribution in [3.63, 3.8) is 0 Å². The fraction of sp³-hybridized carbons (Fsp3) is 0.286. The number of pyridine rings is 1. The van der Waals surface area contributed by atoms with Gasteiger partial charge in [0, 0.05) is 17.8 Å². The van der Waals surface area contributed by atoms with Crippen LogP contribution in [0.5, 0.6) is 5.75 Å². The Morgan fingerprint density at radius 1 is 1.28 bits per heavy atom. The molecule has 0 saturated carbocycles. The van der Waals surface area contributed by atoms with E-state index in [1.807, 2.05) is 34.9 Å². The Bertz CT molecular complexity index is 1070. The van der Waals surface area contributed by atoms with Crippen LogP contribution in [0.15, 0.2) is 42.6 Å². The van der Waals surface area contributed by atoms with E-state index in [2.05, 4.69) is 15.3 Å². The Labute approximate surface area is 172 Å². The molecule has 7 nitrogen and oxygen atoms in total. The third kappa shape index (κ3) is 3.47. The van der Waals surface area contributed by atoms with Gasteiger partial charge in [-0.05, 0) is 42.3 Å². The number of imidazole rings is 1. The molecule has 1 aromatic carbocycles. The summed E-state index contributed by atoms with van der Waals surface area (Å²) in [5, 5.41) is 3.71. The minimum atomic E-state index is -0.244. The number of benzene rings is 1. The molecular formula is C21H19ClN4O3. The van der Waals surface area contributed by atoms with E-state index in [0.29, 0.717) is 43.5 Å². The third-order valence-corrected chi connectivity index (χ3v) is 5.36. The van der Waals surface area contributed by atoms with Crippen LogP contribution >= 0.6 is 11.6 Å². The maximum atomic E-state index is 13.2. The smallest absolute Gasteiger partial charge is 0.272 e. The molecule has 1 N–H and O–H groups in total. The fourth-order valence-electron chi connectivity index (χ4n) is 3.80. The molecule has 2 aliphatic rings. The van der Waals surface area contributed by atoms with Crippen LogP contribution in [-0.2, 0) is 24.3 Å². The van der Waals surface area contributed by atoms with Crippen LogP contribution in [0.3, 0.4) is 0 Å². The van der Waals surface area contributed by atoms with Crippen molar-refractivity contribution < 1.29 is 14.3 Å². The van der Waals surface area contributed by atoms with E-state index in [4.69, 9.17) is 21.1 Å². The van der Waals surface area contributed by atoms with Gasteiger partial charge in [-0.1, -0.05) is 17.7 Å². The molecule has 2 aliphatic heterocycles. The van der Waals surface area contributed by atoms with Crippen LogP contribution in [-0.4, -0.2) is 39.7 Å². The molecular weight excluding hydrogens is 392 g/mol. The number of fused-ring (bicyclic) bond motifs is 2. The molecule has 29 heavy (non-hydrogen) atoms. The molecule has 2 aromatic heterocycles. The van der Waals surface area contributed by atoms with E-state index in [9.17, 15) is 4.79 Å². The van der Waals surface area contributed by atoms with Crippen molar-refractivity contribution in [1.29, 1.82) is 0 Å². The minimum absolute atomic E-state index is 0.167. The van der Waals surface area contributed by atoms with Gasteiger partial charge < -0.3 is 19.4 Å². The number of nitrogens with zero attached hydrogens (tertiary/aromatic N) is 3. The van der Waals surface area contributed by atoms with Crippen molar-refractivity contribution in [2.24, 2.45) is 0 Å². The Morgan fingerprint density at radius 3 is 3.07 bits per heavy atom. The summed E-state index contributed by atoms with van der Waals surface area (Å²) in [6, 6.07) is 11.0. The topological polar surface area (TPSA) is 78.3 Å². The second kappa shape index (κ2) is 7.50. The van der Waals surface area contributed by atoms with Gasteiger partial charge in [0.2, 0.25) is 0 Å². The largest absolute Gasteiger partial charge is 0.491 e. The van der Waals surface area contributed by atoms with Gasteiger partial charge in [-0.3, -0.25) is 9.78 Å². The van der Waals surface area contributed by atoms with Crippen LogP contribution in [0.25, 0.3) is 11.4 Å². The van der Waals surface area contributed by atoms with Gasteiger partial charge in [-0.15, -0.1) is 0 Å². The van der Waals surface area contributed by atoms with Gasteiger partial charge in [-0.25, -0.2) is 4.98 Å². The van der Waals surface area contributed by atoms with Gasteiger partial charge in [0.25, 0.3) is 5.91 Å². The number of aromatic nitrogens is 3. The number of halogens is 1. The van der Waals surface area contributed by atoms with Gasteiger partial charge in [-0.2, -0.15) is 0 Å². The summed E-state index contributed by atoms with van der Waals surface area (Å²) in [7, 11) is 0. The molecule has 5 rings (SSSR count). The summed E-state index contributed by atoms with van der Waals surface area (Å²) >= 11 is 6.10. The first-order valence-corrected chi connectivity index (χ1v) is 9.87. The van der Waals surface area contributed by atoms with Gasteiger partial charge >= 0.3 is 0 Å². The number of amides is 1. The van der Waals surface area contributed by atoms with Crippen molar-refractivity contribution in [2.45, 2.75) is 25.6 Å². The summed E-state index contributed by atoms with van der Waals surface area (Å²) in [6.45, 7) is 2.00. The number of ether oxygens (including phenoxy) is 2. The summed E-state index contributed by atoms with van der Waals surface area (Å²) in [4.78, 5) is 22.2. The molecule has 0 aliphatic carbocycles. The van der Waals surface area contributed by atoms with Crippen molar-refractivity contribution in [3.05, 3.63) is 64.7 Å². The van der Waals surface area contributed by atoms with Gasteiger partial charge in [0.05, 0.1) is 18.3 Å². The van der Waals surface area contributed by atoms with Crippen LogP contribution in [0, 0.1) is 0 Å². The highest BCUT2D eigenvalue weighted by Crippen LogP contribution is 2.29. The SMILES string of the molecule is O=C(N[C@H]1COc2ccc(Cl)cc2C1)c1nc2n(c1-c1ccccn1)CCOC2. The zero-order chi connectivity index (χ0) is 19.8. The predicted octanol–water partition coefficient (Wildman–Crippen LogP) is 2.86. The van der Waals surface area contributed by atoms with Crippen molar-refractivity contribution in [3.8, 4) is 17.1 Å². The number of carbonyl (C=O) groups excluding carboxylic acids is 1. The van der Waals surface area contributed by atoms with E-state index < -0.39 is 0 Å². The molecule has 3 aromatic rings. The number of carbonyl (C=O) groups is 1. The molecule has 1 amide bonds. The fourth-order valence-corrected chi connectivity index (χ4v) is 3.99. The molecule has 148 valence electrons. The Morgan fingerprint density at radius 2 is 2.21 bits per heavy atom. The van der Waals surface area contributed by atoms with Gasteiger partial charge in [0.1, 0.15) is 30.5 Å². The minimum Gasteiger partial charge on any atom is -0.491 e. The lowest BCUT2D eigenvalue weighted by molar-refractivity contribution is 0.0820. The van der Waals surface area contributed by atoms with E-state index in [1.165, 1.54) is 0 Å². The van der Waals surface area contributed by atoms with E-state index in [0.717, 1.165) is 28.5 Å². The third-order valence-electron chi connectivity index (χ3n) is 5.12. The second-order valence-electron chi connectivity index (χ2n) is 7.08. The normalized spacial score (nSPS) is 17.8. The molecule has 0 saturated heterocycles. The Balaban J connectivity index is 1.44. The monoisotopic (exact) mass is 410 g/mol. The van der Waals surface area contributed by atoms with Crippen molar-refractivity contribution in [1.82, 2.24) is 19.9 Å². The quantitative estimate of drug-likeness (QED) is 0.718. The average Bonchev–Trinajstić information content (AvgIpc) is 3.14. The molecule has 0 unspecified atom stereocenters. The van der Waals surface area contributed by atoms with E-state index in [1.54, 1.807) is 12.3 Å². The lowest BCUT2D eigenvalue weighted by Gasteiger charge is -2.26. The number of hydrogen-bond donors (Lipinski definition) is 1. The van der Waals surface area contributed by atoms with Gasteiger partial charge in [0.15, 0.2) is 5.69 Å². The standard InChI is InChI=1S/C21H19ClN4O3/c22-14-4-5-17-13(9-14)10-15(11-29-17)24-21(27)19-20(16-3-1-2-6-23-16)26-7-8-28-12-18(26)25-19/h1-6,9,15H,7-8,10-12H2,(H,24,27)/t15-/m1/s1. The highest BCUT2D eigenvalue weighted by molar-refractivity contribution is 6.30. The van der Waals surface area contributed by atoms with Crippen molar-refractivity contribution in [2.75, 3.05) is 13.2 Å². The lowest BCUT2D eigenvalue weighted by atomic mass is 10.0. The number of nitrogens with one attached hydrogen (secondary N) is 1. The number of rotatable bonds is 3. The molecule has 0 fully saturated rings. The summed E-state index contributed by atoms with van der Waals surface area (Å²) < 4.78 is 13.3. The second-order valence-corrected chi connectivity index (χ2v) is 7.52. The Kier molecular flexibility index (Phi) is 4.69. The summed E-state index contributed by atoms with van der Waals surface area (Å²) in [5.74, 6) is 1.30. The van der Waals surface area contributed by atoms with Crippen LogP contribution in [0.1, 0.15) is 21.9 Å². The number of hydrogen-bond acceptors (Lipinski definition) is 5. The molecule has 4 heterocycles. The predicted molar refractivity (Wildman–Crippen MR) is 107 cm³/mol. The first kappa shape index (κ1) is 18.1. The molecule has 8 heteroatoms. The van der Waals surface area contributed by atoms with Crippen molar-refractivity contribution >= 4 is 17.5 Å². The lowest BCUT2D eigenvalue weighted by Crippen LogP contribution is -2.43. The van der Waals surface area contributed by atoms with Crippen LogP contribution in [0.2, 0.25) is 5.02 Å². The molecule has 1 atom stereocenters. The van der Waals surface area contributed by atoms with Crippen LogP contribution < -0.4 is 10.1 Å². The molecule has 0 radical (unpaired) electrons. The summed E-state index contributed by atoms with van der Waals surface area (Å²) in [6.07, 6.45) is 2.36. The first-order valence-electron chi connectivity index (χ1n) is 9.49. The van der Waals surface area contributed by atoms with E-state index >= 15 is 0 Å². The highest BCUT2D eigenvalue weighted by Gasteiger charge is 2.29. The first-order chi connectivity index (χ1) is 14.2. The maximum Gasteiger partial charge on any atom is 0.272 e.